The Bertz CT molecular complexity index is 660. The predicted octanol–water partition coefficient (Wildman–Crippen LogP) is 4.39. The smallest absolute Gasteiger partial charge is 0.230 e. The van der Waals surface area contributed by atoms with E-state index in [9.17, 15) is 9.18 Å². The zero-order valence-electron chi connectivity index (χ0n) is 13.9. The minimum Gasteiger partial charge on any atom is -0.355 e. The van der Waals surface area contributed by atoms with Gasteiger partial charge in [-0.05, 0) is 48.9 Å². The first-order valence-corrected chi connectivity index (χ1v) is 8.79. The monoisotopic (exact) mass is 325 g/mol. The highest BCUT2D eigenvalue weighted by molar-refractivity contribution is 5.88. The second-order valence-corrected chi connectivity index (χ2v) is 6.64. The van der Waals surface area contributed by atoms with Crippen LogP contribution < -0.4 is 5.32 Å². The first kappa shape index (κ1) is 16.7. The highest BCUT2D eigenvalue weighted by Crippen LogP contribution is 2.41. The standard InChI is InChI=1S/C21H24FNO/c22-19-12-10-17(11-13-19)7-6-16-23-20(24)21(14-4-5-15-21)18-8-2-1-3-9-18/h1-3,8-13H,4-7,14-16H2,(H,23,24). The van der Waals surface area contributed by atoms with Crippen LogP contribution in [0.2, 0.25) is 0 Å². The summed E-state index contributed by atoms with van der Waals surface area (Å²) in [5, 5.41) is 3.13. The second-order valence-electron chi connectivity index (χ2n) is 6.64. The van der Waals surface area contributed by atoms with Crippen LogP contribution in [0.25, 0.3) is 0 Å². The number of rotatable bonds is 6. The maximum atomic E-state index is 12.9. The predicted molar refractivity (Wildman–Crippen MR) is 94.3 cm³/mol. The van der Waals surface area contributed by atoms with Gasteiger partial charge < -0.3 is 5.32 Å². The van der Waals surface area contributed by atoms with Crippen LogP contribution in [0.4, 0.5) is 4.39 Å². The van der Waals surface area contributed by atoms with E-state index in [0.29, 0.717) is 6.54 Å². The van der Waals surface area contributed by atoms with E-state index in [2.05, 4.69) is 17.4 Å². The van der Waals surface area contributed by atoms with Crippen LogP contribution in [0.3, 0.4) is 0 Å². The maximum Gasteiger partial charge on any atom is 0.230 e. The fourth-order valence-electron chi connectivity index (χ4n) is 3.70. The number of amides is 1. The lowest BCUT2D eigenvalue weighted by atomic mass is 9.78. The van der Waals surface area contributed by atoms with Crippen LogP contribution in [-0.4, -0.2) is 12.5 Å². The fraction of sp³-hybridized carbons (Fsp3) is 0.381. The van der Waals surface area contributed by atoms with Crippen molar-refractivity contribution in [3.8, 4) is 0 Å². The third-order valence-corrected chi connectivity index (χ3v) is 5.06. The van der Waals surface area contributed by atoms with Crippen molar-refractivity contribution in [1.29, 1.82) is 0 Å². The Balaban J connectivity index is 1.56. The van der Waals surface area contributed by atoms with E-state index in [0.717, 1.165) is 49.7 Å². The molecule has 1 aliphatic rings. The first-order valence-electron chi connectivity index (χ1n) is 8.79. The molecule has 0 unspecified atom stereocenters. The number of carbonyl (C=O) groups is 1. The van der Waals surface area contributed by atoms with Gasteiger partial charge in [0.2, 0.25) is 5.91 Å². The Morgan fingerprint density at radius 2 is 1.67 bits per heavy atom. The van der Waals surface area contributed by atoms with Crippen LogP contribution in [-0.2, 0) is 16.6 Å². The van der Waals surface area contributed by atoms with E-state index in [1.807, 2.05) is 18.2 Å². The zero-order chi connectivity index (χ0) is 16.8. The molecule has 0 bridgehead atoms. The number of benzene rings is 2. The molecule has 126 valence electrons. The molecule has 2 aromatic rings. The van der Waals surface area contributed by atoms with E-state index in [4.69, 9.17) is 0 Å². The summed E-state index contributed by atoms with van der Waals surface area (Å²) in [7, 11) is 0. The molecule has 0 aliphatic heterocycles. The zero-order valence-corrected chi connectivity index (χ0v) is 13.9. The Hall–Kier alpha value is -2.16. The van der Waals surface area contributed by atoms with Crippen molar-refractivity contribution in [3.63, 3.8) is 0 Å². The largest absolute Gasteiger partial charge is 0.355 e. The van der Waals surface area contributed by atoms with Crippen molar-refractivity contribution >= 4 is 5.91 Å². The van der Waals surface area contributed by atoms with E-state index in [1.54, 1.807) is 12.1 Å². The molecule has 2 nitrogen and oxygen atoms in total. The first-order chi connectivity index (χ1) is 11.7. The Morgan fingerprint density at radius 3 is 2.33 bits per heavy atom. The minimum absolute atomic E-state index is 0.158. The van der Waals surface area contributed by atoms with Gasteiger partial charge in [0.1, 0.15) is 5.82 Å². The highest BCUT2D eigenvalue weighted by Gasteiger charge is 2.42. The molecule has 0 atom stereocenters. The number of hydrogen-bond acceptors (Lipinski definition) is 1. The summed E-state index contributed by atoms with van der Waals surface area (Å²) >= 11 is 0. The van der Waals surface area contributed by atoms with Gasteiger partial charge in [-0.2, -0.15) is 0 Å². The number of nitrogens with one attached hydrogen (secondary N) is 1. The molecule has 2 aromatic carbocycles. The molecule has 1 N–H and O–H groups in total. The summed E-state index contributed by atoms with van der Waals surface area (Å²) in [6.45, 7) is 0.658. The van der Waals surface area contributed by atoms with E-state index < -0.39 is 0 Å². The van der Waals surface area contributed by atoms with Gasteiger partial charge in [-0.15, -0.1) is 0 Å². The van der Waals surface area contributed by atoms with Gasteiger partial charge >= 0.3 is 0 Å². The van der Waals surface area contributed by atoms with Crippen LogP contribution in [0.5, 0.6) is 0 Å². The van der Waals surface area contributed by atoms with Crippen LogP contribution in [0, 0.1) is 5.82 Å². The Morgan fingerprint density at radius 1 is 1.00 bits per heavy atom. The lowest BCUT2D eigenvalue weighted by molar-refractivity contribution is -0.126. The van der Waals surface area contributed by atoms with Crippen molar-refractivity contribution in [2.24, 2.45) is 0 Å². The summed E-state index contributed by atoms with van der Waals surface area (Å²) in [6.07, 6.45) is 5.79. The number of hydrogen-bond donors (Lipinski definition) is 1. The molecule has 1 fully saturated rings. The number of aryl methyl sites for hydroxylation is 1. The molecular weight excluding hydrogens is 301 g/mol. The van der Waals surface area contributed by atoms with Crippen LogP contribution in [0.1, 0.15) is 43.2 Å². The topological polar surface area (TPSA) is 29.1 Å². The fourth-order valence-corrected chi connectivity index (χ4v) is 3.70. The van der Waals surface area contributed by atoms with Gasteiger partial charge in [0.05, 0.1) is 5.41 Å². The molecule has 3 heteroatoms. The molecule has 3 rings (SSSR count). The third-order valence-electron chi connectivity index (χ3n) is 5.06. The summed E-state index contributed by atoms with van der Waals surface area (Å²) in [5.74, 6) is -0.0524. The minimum atomic E-state index is -0.350. The average molecular weight is 325 g/mol. The van der Waals surface area contributed by atoms with Crippen molar-refractivity contribution in [3.05, 3.63) is 71.5 Å². The van der Waals surface area contributed by atoms with Crippen molar-refractivity contribution in [1.82, 2.24) is 5.32 Å². The van der Waals surface area contributed by atoms with Crippen molar-refractivity contribution < 1.29 is 9.18 Å². The van der Waals surface area contributed by atoms with E-state index >= 15 is 0 Å². The number of carbonyl (C=O) groups excluding carboxylic acids is 1. The molecule has 1 aliphatic carbocycles. The highest BCUT2D eigenvalue weighted by atomic mass is 19.1. The van der Waals surface area contributed by atoms with Crippen molar-refractivity contribution in [2.45, 2.75) is 43.9 Å². The van der Waals surface area contributed by atoms with Gasteiger partial charge in [0.15, 0.2) is 0 Å². The Kier molecular flexibility index (Phi) is 5.29. The van der Waals surface area contributed by atoms with E-state index in [-0.39, 0.29) is 17.1 Å². The molecule has 24 heavy (non-hydrogen) atoms. The molecule has 0 aromatic heterocycles. The van der Waals surface area contributed by atoms with Crippen LogP contribution in [0.15, 0.2) is 54.6 Å². The van der Waals surface area contributed by atoms with Gasteiger partial charge in [0, 0.05) is 6.54 Å². The Labute approximate surface area is 143 Å². The summed E-state index contributed by atoms with van der Waals surface area (Å²) in [6, 6.07) is 16.7. The third kappa shape index (κ3) is 3.66. The van der Waals surface area contributed by atoms with Gasteiger partial charge in [-0.25, -0.2) is 4.39 Å². The average Bonchev–Trinajstić information content (AvgIpc) is 3.12. The van der Waals surface area contributed by atoms with Crippen LogP contribution >= 0.6 is 0 Å². The molecule has 0 heterocycles. The lowest BCUT2D eigenvalue weighted by Gasteiger charge is -2.28. The molecule has 0 radical (unpaired) electrons. The van der Waals surface area contributed by atoms with E-state index in [1.165, 1.54) is 12.1 Å². The molecular formula is C21H24FNO. The summed E-state index contributed by atoms with van der Waals surface area (Å²) < 4.78 is 12.9. The van der Waals surface area contributed by atoms with Gasteiger partial charge in [-0.1, -0.05) is 55.3 Å². The second kappa shape index (κ2) is 7.61. The molecule has 1 saturated carbocycles. The van der Waals surface area contributed by atoms with Crippen molar-refractivity contribution in [2.75, 3.05) is 6.54 Å². The molecule has 0 saturated heterocycles. The summed E-state index contributed by atoms with van der Waals surface area (Å²) in [4.78, 5) is 12.9. The normalized spacial score (nSPS) is 16.0. The summed E-state index contributed by atoms with van der Waals surface area (Å²) in [5.41, 5.74) is 1.89. The van der Waals surface area contributed by atoms with Gasteiger partial charge in [0.25, 0.3) is 0 Å². The SMILES string of the molecule is O=C(NCCCc1ccc(F)cc1)C1(c2ccccc2)CCCC1. The van der Waals surface area contributed by atoms with Gasteiger partial charge in [-0.3, -0.25) is 4.79 Å². The quantitative estimate of drug-likeness (QED) is 0.784. The molecule has 1 amide bonds. The molecule has 0 spiro atoms. The maximum absolute atomic E-state index is 12.9. The lowest BCUT2D eigenvalue weighted by Crippen LogP contribution is -2.43. The number of halogens is 1.